The Bertz CT molecular complexity index is 569. The SMILES string of the molecule is Cc1nc(N2CCN(C(C)c3ncc(C)o3)CC2)n[nH]1. The molecule has 1 unspecified atom stereocenters. The first-order valence-corrected chi connectivity index (χ1v) is 6.94. The molecule has 3 rings (SSSR count). The topological polar surface area (TPSA) is 74.1 Å². The summed E-state index contributed by atoms with van der Waals surface area (Å²) in [5.74, 6) is 3.30. The predicted octanol–water partition coefficient (Wildman–Crippen LogP) is 1.29. The van der Waals surface area contributed by atoms with E-state index in [0.717, 1.165) is 49.6 Å². The van der Waals surface area contributed by atoms with Gasteiger partial charge in [0.1, 0.15) is 11.6 Å². The molecule has 1 N–H and O–H groups in total. The fourth-order valence-corrected chi connectivity index (χ4v) is 2.50. The maximum atomic E-state index is 5.62. The minimum Gasteiger partial charge on any atom is -0.444 e. The summed E-state index contributed by atoms with van der Waals surface area (Å²) in [6.07, 6.45) is 1.78. The number of hydrogen-bond acceptors (Lipinski definition) is 6. The highest BCUT2D eigenvalue weighted by Crippen LogP contribution is 2.22. The van der Waals surface area contributed by atoms with Crippen molar-refractivity contribution in [2.45, 2.75) is 26.8 Å². The van der Waals surface area contributed by atoms with Crippen LogP contribution < -0.4 is 4.90 Å². The number of aryl methyl sites for hydroxylation is 2. The molecule has 7 nitrogen and oxygen atoms in total. The van der Waals surface area contributed by atoms with Crippen molar-refractivity contribution in [1.82, 2.24) is 25.1 Å². The summed E-state index contributed by atoms with van der Waals surface area (Å²) in [5, 5.41) is 7.10. The lowest BCUT2D eigenvalue weighted by atomic mass is 10.2. The molecule has 1 aliphatic heterocycles. The summed E-state index contributed by atoms with van der Waals surface area (Å²) in [6.45, 7) is 9.72. The Hall–Kier alpha value is -1.89. The second-order valence-electron chi connectivity index (χ2n) is 5.23. The van der Waals surface area contributed by atoms with Gasteiger partial charge in [0.25, 0.3) is 0 Å². The number of nitrogens with one attached hydrogen (secondary N) is 1. The standard InChI is InChI=1S/C13H20N6O/c1-9-8-14-12(20-9)10(2)18-4-6-19(7-5-18)13-15-11(3)16-17-13/h8,10H,4-7H2,1-3H3,(H,15,16,17). The van der Waals surface area contributed by atoms with Crippen molar-refractivity contribution >= 4 is 5.95 Å². The largest absolute Gasteiger partial charge is 0.444 e. The lowest BCUT2D eigenvalue weighted by Gasteiger charge is -2.36. The molecule has 2 aromatic rings. The fourth-order valence-electron chi connectivity index (χ4n) is 2.50. The molecule has 0 spiro atoms. The van der Waals surface area contributed by atoms with Crippen LogP contribution in [0.15, 0.2) is 10.6 Å². The minimum absolute atomic E-state index is 0.208. The first-order valence-electron chi connectivity index (χ1n) is 6.94. The number of rotatable bonds is 3. The van der Waals surface area contributed by atoms with E-state index < -0.39 is 0 Å². The Morgan fingerprint density at radius 2 is 2.00 bits per heavy atom. The van der Waals surface area contributed by atoms with Gasteiger partial charge in [0.15, 0.2) is 0 Å². The molecule has 2 aromatic heterocycles. The van der Waals surface area contributed by atoms with Gasteiger partial charge in [-0.15, -0.1) is 5.10 Å². The van der Waals surface area contributed by atoms with Crippen LogP contribution >= 0.6 is 0 Å². The Morgan fingerprint density at radius 3 is 2.55 bits per heavy atom. The van der Waals surface area contributed by atoms with Crippen LogP contribution in [0.25, 0.3) is 0 Å². The zero-order chi connectivity index (χ0) is 14.1. The quantitative estimate of drug-likeness (QED) is 0.910. The number of aromatic nitrogens is 4. The maximum Gasteiger partial charge on any atom is 0.244 e. The van der Waals surface area contributed by atoms with Gasteiger partial charge >= 0.3 is 0 Å². The summed E-state index contributed by atoms with van der Waals surface area (Å²) >= 11 is 0. The van der Waals surface area contributed by atoms with Crippen LogP contribution in [0.1, 0.15) is 30.4 Å². The van der Waals surface area contributed by atoms with Gasteiger partial charge in [-0.3, -0.25) is 10.00 Å². The molecule has 1 atom stereocenters. The van der Waals surface area contributed by atoms with Crippen molar-refractivity contribution in [3.63, 3.8) is 0 Å². The lowest BCUT2D eigenvalue weighted by Crippen LogP contribution is -2.47. The molecule has 108 valence electrons. The second-order valence-corrected chi connectivity index (χ2v) is 5.23. The summed E-state index contributed by atoms with van der Waals surface area (Å²) < 4.78 is 5.62. The third kappa shape index (κ3) is 2.53. The normalized spacial score (nSPS) is 18.4. The van der Waals surface area contributed by atoms with Crippen molar-refractivity contribution in [2.24, 2.45) is 0 Å². The van der Waals surface area contributed by atoms with Crippen LogP contribution in [0.2, 0.25) is 0 Å². The van der Waals surface area contributed by atoms with Gasteiger partial charge < -0.3 is 9.32 Å². The summed E-state index contributed by atoms with van der Waals surface area (Å²) in [6, 6.07) is 0.208. The Kier molecular flexibility index (Phi) is 3.43. The van der Waals surface area contributed by atoms with Crippen LogP contribution in [-0.4, -0.2) is 51.2 Å². The van der Waals surface area contributed by atoms with Gasteiger partial charge in [-0.2, -0.15) is 4.98 Å². The van der Waals surface area contributed by atoms with E-state index in [-0.39, 0.29) is 6.04 Å². The Balaban J connectivity index is 1.61. The summed E-state index contributed by atoms with van der Waals surface area (Å²) in [5.41, 5.74) is 0. The van der Waals surface area contributed by atoms with Crippen LogP contribution in [0, 0.1) is 13.8 Å². The zero-order valence-corrected chi connectivity index (χ0v) is 12.1. The summed E-state index contributed by atoms with van der Waals surface area (Å²) in [4.78, 5) is 13.3. The van der Waals surface area contributed by atoms with Gasteiger partial charge in [-0.05, 0) is 20.8 Å². The van der Waals surface area contributed by atoms with Gasteiger partial charge in [0, 0.05) is 26.2 Å². The van der Waals surface area contributed by atoms with Gasteiger partial charge in [-0.25, -0.2) is 4.98 Å². The number of H-pyrrole nitrogens is 1. The average molecular weight is 276 g/mol. The van der Waals surface area contributed by atoms with E-state index in [9.17, 15) is 0 Å². The lowest BCUT2D eigenvalue weighted by molar-refractivity contribution is 0.171. The number of aromatic amines is 1. The molecule has 0 radical (unpaired) electrons. The molecule has 0 bridgehead atoms. The monoisotopic (exact) mass is 276 g/mol. The number of nitrogens with zero attached hydrogens (tertiary/aromatic N) is 5. The Labute approximate surface area is 118 Å². The third-order valence-electron chi connectivity index (χ3n) is 3.73. The number of anilines is 1. The second kappa shape index (κ2) is 5.24. The highest BCUT2D eigenvalue weighted by molar-refractivity contribution is 5.29. The van der Waals surface area contributed by atoms with E-state index in [1.54, 1.807) is 6.20 Å². The van der Waals surface area contributed by atoms with Crippen LogP contribution in [0.3, 0.4) is 0 Å². The molecule has 20 heavy (non-hydrogen) atoms. The fraction of sp³-hybridized carbons (Fsp3) is 0.615. The van der Waals surface area contributed by atoms with Crippen molar-refractivity contribution < 1.29 is 4.42 Å². The predicted molar refractivity (Wildman–Crippen MR) is 74.6 cm³/mol. The molecule has 1 aliphatic rings. The summed E-state index contributed by atoms with van der Waals surface area (Å²) in [7, 11) is 0. The van der Waals surface area contributed by atoms with Crippen LogP contribution in [0.4, 0.5) is 5.95 Å². The molecule has 1 saturated heterocycles. The van der Waals surface area contributed by atoms with Gasteiger partial charge in [0.2, 0.25) is 11.8 Å². The van der Waals surface area contributed by atoms with Crippen molar-refractivity contribution in [1.29, 1.82) is 0 Å². The number of hydrogen-bond donors (Lipinski definition) is 1. The smallest absolute Gasteiger partial charge is 0.244 e. The van der Waals surface area contributed by atoms with Crippen molar-refractivity contribution in [3.05, 3.63) is 23.7 Å². The van der Waals surface area contributed by atoms with E-state index in [0.29, 0.717) is 0 Å². The van der Waals surface area contributed by atoms with Gasteiger partial charge in [-0.1, -0.05) is 0 Å². The van der Waals surface area contributed by atoms with Crippen molar-refractivity contribution in [2.75, 3.05) is 31.1 Å². The average Bonchev–Trinajstić information content (AvgIpc) is 3.07. The molecule has 7 heteroatoms. The molecule has 3 heterocycles. The molecular weight excluding hydrogens is 256 g/mol. The Morgan fingerprint density at radius 1 is 1.25 bits per heavy atom. The van der Waals surface area contributed by atoms with Crippen molar-refractivity contribution in [3.8, 4) is 0 Å². The molecule has 0 aromatic carbocycles. The van der Waals surface area contributed by atoms with Gasteiger partial charge in [0.05, 0.1) is 12.2 Å². The number of piperazine rings is 1. The third-order valence-corrected chi connectivity index (χ3v) is 3.73. The molecule has 0 amide bonds. The van der Waals surface area contributed by atoms with E-state index in [2.05, 4.69) is 36.9 Å². The molecule has 0 aliphatic carbocycles. The molecular formula is C13H20N6O. The minimum atomic E-state index is 0.208. The van der Waals surface area contributed by atoms with E-state index in [4.69, 9.17) is 4.42 Å². The first-order chi connectivity index (χ1) is 9.63. The molecule has 1 fully saturated rings. The number of oxazole rings is 1. The molecule has 0 saturated carbocycles. The van der Waals surface area contributed by atoms with E-state index in [1.165, 1.54) is 0 Å². The maximum absolute atomic E-state index is 5.62. The van der Waals surface area contributed by atoms with E-state index in [1.807, 2.05) is 13.8 Å². The van der Waals surface area contributed by atoms with Crippen LogP contribution in [-0.2, 0) is 0 Å². The first kappa shape index (κ1) is 13.1. The zero-order valence-electron chi connectivity index (χ0n) is 12.1. The van der Waals surface area contributed by atoms with Crippen LogP contribution in [0.5, 0.6) is 0 Å². The van der Waals surface area contributed by atoms with E-state index >= 15 is 0 Å². The highest BCUT2D eigenvalue weighted by atomic mass is 16.4. The highest BCUT2D eigenvalue weighted by Gasteiger charge is 2.26.